The van der Waals surface area contributed by atoms with Crippen LogP contribution in [0.1, 0.15) is 31.2 Å². The molecule has 1 aromatic rings. The average molecular weight is 270 g/mol. The Morgan fingerprint density at radius 2 is 1.94 bits per heavy atom. The zero-order valence-corrected chi connectivity index (χ0v) is 11.9. The number of aryl methyl sites for hydroxylation is 1. The fourth-order valence-corrected chi connectivity index (χ4v) is 2.50. The van der Waals surface area contributed by atoms with E-state index in [0.29, 0.717) is 22.9 Å². The second-order valence-electron chi connectivity index (χ2n) is 4.92. The zero-order valence-electron chi connectivity index (χ0n) is 11.2. The van der Waals surface area contributed by atoms with Crippen molar-refractivity contribution in [2.75, 3.05) is 18.5 Å². The van der Waals surface area contributed by atoms with E-state index in [1.807, 2.05) is 13.8 Å². The topological polar surface area (TPSA) is 47.0 Å². The first-order chi connectivity index (χ1) is 8.58. The summed E-state index contributed by atoms with van der Waals surface area (Å²) in [5.41, 5.74) is 0.918. The summed E-state index contributed by atoms with van der Waals surface area (Å²) in [5.74, 6) is 2.19. The molecule has 1 fully saturated rings. The molecule has 2 rings (SSSR count). The van der Waals surface area contributed by atoms with Crippen molar-refractivity contribution in [2.24, 2.45) is 5.92 Å². The molecular weight excluding hydrogens is 250 g/mol. The molecule has 100 valence electrons. The van der Waals surface area contributed by atoms with Crippen molar-refractivity contribution >= 4 is 17.4 Å². The van der Waals surface area contributed by atoms with Gasteiger partial charge >= 0.3 is 0 Å². The molecule has 1 saturated heterocycles. The molecule has 1 unspecified atom stereocenters. The molecule has 0 spiro atoms. The zero-order chi connectivity index (χ0) is 13.1. The molecule has 0 bridgehead atoms. The fourth-order valence-electron chi connectivity index (χ4n) is 2.28. The first kappa shape index (κ1) is 13.6. The predicted octanol–water partition coefficient (Wildman–Crippen LogP) is 2.97. The van der Waals surface area contributed by atoms with Crippen LogP contribution in [-0.2, 0) is 4.74 Å². The van der Waals surface area contributed by atoms with Gasteiger partial charge in [-0.05, 0) is 39.5 Å². The van der Waals surface area contributed by atoms with Crippen molar-refractivity contribution in [3.8, 4) is 0 Å². The van der Waals surface area contributed by atoms with Gasteiger partial charge in [-0.1, -0.05) is 11.6 Å². The summed E-state index contributed by atoms with van der Waals surface area (Å²) >= 11 is 6.08. The summed E-state index contributed by atoms with van der Waals surface area (Å²) in [7, 11) is 0. The highest BCUT2D eigenvalue weighted by molar-refractivity contribution is 6.30. The average Bonchev–Trinajstić information content (AvgIpc) is 2.36. The Balaban J connectivity index is 2.08. The molecule has 1 aliphatic rings. The van der Waals surface area contributed by atoms with E-state index in [4.69, 9.17) is 16.3 Å². The molecule has 4 nitrogen and oxygen atoms in total. The van der Waals surface area contributed by atoms with Crippen molar-refractivity contribution < 1.29 is 4.74 Å². The summed E-state index contributed by atoms with van der Waals surface area (Å²) in [6, 6.07) is 0.373. The molecule has 1 aliphatic heterocycles. The second-order valence-corrected chi connectivity index (χ2v) is 5.28. The standard InChI is InChI=1S/C13H20ClN3O/c1-8-12(14)16-10(3)17-13(8)15-9(2)11-4-6-18-7-5-11/h9,11H,4-7H2,1-3H3,(H,15,16,17). The molecule has 18 heavy (non-hydrogen) atoms. The Morgan fingerprint density at radius 1 is 1.28 bits per heavy atom. The van der Waals surface area contributed by atoms with Gasteiger partial charge in [0.1, 0.15) is 16.8 Å². The van der Waals surface area contributed by atoms with Crippen molar-refractivity contribution in [1.29, 1.82) is 0 Å². The Hall–Kier alpha value is -0.870. The number of halogens is 1. The predicted molar refractivity (Wildman–Crippen MR) is 73.1 cm³/mol. The molecule has 1 N–H and O–H groups in total. The highest BCUT2D eigenvalue weighted by Crippen LogP contribution is 2.24. The molecule has 1 atom stereocenters. The van der Waals surface area contributed by atoms with Crippen LogP contribution < -0.4 is 5.32 Å². The minimum atomic E-state index is 0.373. The SMILES string of the molecule is Cc1nc(Cl)c(C)c(NC(C)C2CCOCC2)n1. The normalized spacial score (nSPS) is 18.7. The molecular formula is C13H20ClN3O. The van der Waals surface area contributed by atoms with Crippen LogP contribution in [0.4, 0.5) is 5.82 Å². The lowest BCUT2D eigenvalue weighted by molar-refractivity contribution is 0.0622. The van der Waals surface area contributed by atoms with Gasteiger partial charge in [0.25, 0.3) is 0 Å². The van der Waals surface area contributed by atoms with E-state index in [2.05, 4.69) is 22.2 Å². The van der Waals surface area contributed by atoms with E-state index in [0.717, 1.165) is 37.4 Å². The monoisotopic (exact) mass is 269 g/mol. The fraction of sp³-hybridized carbons (Fsp3) is 0.692. The molecule has 2 heterocycles. The van der Waals surface area contributed by atoms with Gasteiger partial charge in [0, 0.05) is 24.8 Å². The molecule has 0 saturated carbocycles. The lowest BCUT2D eigenvalue weighted by atomic mass is 9.93. The van der Waals surface area contributed by atoms with E-state index in [1.165, 1.54) is 0 Å². The third kappa shape index (κ3) is 3.12. The first-order valence-corrected chi connectivity index (χ1v) is 6.80. The van der Waals surface area contributed by atoms with Crippen LogP contribution in [0.25, 0.3) is 0 Å². The lowest BCUT2D eigenvalue weighted by Crippen LogP contribution is -2.31. The van der Waals surface area contributed by atoms with Gasteiger partial charge in [-0.15, -0.1) is 0 Å². The number of nitrogens with one attached hydrogen (secondary N) is 1. The number of ether oxygens (including phenoxy) is 1. The highest BCUT2D eigenvalue weighted by atomic mass is 35.5. The summed E-state index contributed by atoms with van der Waals surface area (Å²) < 4.78 is 5.39. The maximum absolute atomic E-state index is 6.08. The summed E-state index contributed by atoms with van der Waals surface area (Å²) in [4.78, 5) is 8.58. The van der Waals surface area contributed by atoms with E-state index >= 15 is 0 Å². The van der Waals surface area contributed by atoms with Crippen LogP contribution in [0.5, 0.6) is 0 Å². The van der Waals surface area contributed by atoms with Crippen LogP contribution in [0.2, 0.25) is 5.15 Å². The molecule has 5 heteroatoms. The Bertz CT molecular complexity index is 419. The third-order valence-corrected chi connectivity index (χ3v) is 3.90. The molecule has 0 aliphatic carbocycles. The van der Waals surface area contributed by atoms with E-state index in [-0.39, 0.29) is 0 Å². The van der Waals surface area contributed by atoms with Gasteiger partial charge in [0.15, 0.2) is 0 Å². The van der Waals surface area contributed by atoms with Crippen molar-refractivity contribution in [3.05, 3.63) is 16.5 Å². The van der Waals surface area contributed by atoms with Gasteiger partial charge in [0.2, 0.25) is 0 Å². The Kier molecular flexibility index (Phi) is 4.40. The minimum absolute atomic E-state index is 0.373. The van der Waals surface area contributed by atoms with Crippen LogP contribution in [0, 0.1) is 19.8 Å². The highest BCUT2D eigenvalue weighted by Gasteiger charge is 2.21. The van der Waals surface area contributed by atoms with Crippen LogP contribution in [-0.4, -0.2) is 29.2 Å². The number of hydrogen-bond acceptors (Lipinski definition) is 4. The van der Waals surface area contributed by atoms with Crippen molar-refractivity contribution in [1.82, 2.24) is 9.97 Å². The van der Waals surface area contributed by atoms with Crippen LogP contribution in [0.15, 0.2) is 0 Å². The minimum Gasteiger partial charge on any atom is -0.381 e. The summed E-state index contributed by atoms with van der Waals surface area (Å²) in [5, 5.41) is 4.00. The third-order valence-electron chi connectivity index (χ3n) is 3.54. The number of aromatic nitrogens is 2. The molecule has 0 radical (unpaired) electrons. The van der Waals surface area contributed by atoms with E-state index in [9.17, 15) is 0 Å². The summed E-state index contributed by atoms with van der Waals surface area (Å²) in [6.07, 6.45) is 2.20. The second kappa shape index (κ2) is 5.85. The molecule has 1 aromatic heterocycles. The maximum Gasteiger partial charge on any atom is 0.137 e. The van der Waals surface area contributed by atoms with E-state index < -0.39 is 0 Å². The number of nitrogens with zero attached hydrogens (tertiary/aromatic N) is 2. The number of hydrogen-bond donors (Lipinski definition) is 1. The van der Waals surface area contributed by atoms with Crippen molar-refractivity contribution in [3.63, 3.8) is 0 Å². The quantitative estimate of drug-likeness (QED) is 0.857. The number of rotatable bonds is 3. The maximum atomic E-state index is 6.08. The summed E-state index contributed by atoms with van der Waals surface area (Å²) in [6.45, 7) is 7.72. The largest absolute Gasteiger partial charge is 0.381 e. The molecule has 0 aromatic carbocycles. The van der Waals surface area contributed by atoms with Crippen LogP contribution >= 0.6 is 11.6 Å². The van der Waals surface area contributed by atoms with Gasteiger partial charge in [0.05, 0.1) is 0 Å². The smallest absolute Gasteiger partial charge is 0.137 e. The lowest BCUT2D eigenvalue weighted by Gasteiger charge is -2.29. The van der Waals surface area contributed by atoms with E-state index in [1.54, 1.807) is 0 Å². The first-order valence-electron chi connectivity index (χ1n) is 6.43. The van der Waals surface area contributed by atoms with Gasteiger partial charge in [-0.2, -0.15) is 0 Å². The Labute approximate surface area is 113 Å². The van der Waals surface area contributed by atoms with Gasteiger partial charge in [-0.25, -0.2) is 9.97 Å². The molecule has 0 amide bonds. The van der Waals surface area contributed by atoms with Gasteiger partial charge < -0.3 is 10.1 Å². The van der Waals surface area contributed by atoms with Gasteiger partial charge in [-0.3, -0.25) is 0 Å². The van der Waals surface area contributed by atoms with Crippen LogP contribution in [0.3, 0.4) is 0 Å². The van der Waals surface area contributed by atoms with Crippen molar-refractivity contribution in [2.45, 2.75) is 39.7 Å². The Morgan fingerprint density at radius 3 is 2.61 bits per heavy atom. The number of anilines is 1.